The normalized spacial score (nSPS) is 18.3. The topological polar surface area (TPSA) is 98.2 Å². The van der Waals surface area contributed by atoms with Crippen molar-refractivity contribution < 1.29 is 23.1 Å². The Morgan fingerprint density at radius 3 is 2.26 bits per heavy atom. The molecular weight excluding hydrogens is 522 g/mol. The van der Waals surface area contributed by atoms with Crippen molar-refractivity contribution in [2.45, 2.75) is 17.4 Å². The van der Waals surface area contributed by atoms with Gasteiger partial charge in [0.15, 0.2) is 0 Å². The molecule has 34 heavy (non-hydrogen) atoms. The summed E-state index contributed by atoms with van der Waals surface area (Å²) < 4.78 is 26.6. The van der Waals surface area contributed by atoms with Crippen LogP contribution in [0.15, 0.2) is 63.5 Å². The molecule has 1 aliphatic rings. The molecular formula is C24H28BrN3O5S. The number of aliphatic hydroxyl groups excluding tert-OH is 1. The number of Topliss-reactive ketones (excluding diaryl/α,β-unsaturated/α-hetero) is 1. The third kappa shape index (κ3) is 5.25. The Morgan fingerprint density at radius 2 is 1.71 bits per heavy atom. The van der Waals surface area contributed by atoms with Gasteiger partial charge in [0.1, 0.15) is 5.76 Å². The van der Waals surface area contributed by atoms with E-state index < -0.39 is 27.8 Å². The van der Waals surface area contributed by atoms with Gasteiger partial charge in [-0.2, -0.15) is 0 Å². The molecule has 1 amide bonds. The zero-order chi connectivity index (χ0) is 25.2. The summed E-state index contributed by atoms with van der Waals surface area (Å²) >= 11 is 3.44. The molecule has 10 heteroatoms. The number of hydrogen-bond donors (Lipinski definition) is 1. The second-order valence-corrected chi connectivity index (χ2v) is 11.6. The molecule has 0 aromatic heterocycles. The number of carbonyl (C=O) groups is 2. The molecule has 0 spiro atoms. The van der Waals surface area contributed by atoms with E-state index in [9.17, 15) is 23.1 Å². The number of aliphatic hydroxyl groups is 1. The largest absolute Gasteiger partial charge is 0.507 e. The monoisotopic (exact) mass is 549 g/mol. The molecule has 1 unspecified atom stereocenters. The van der Waals surface area contributed by atoms with Crippen LogP contribution in [0.2, 0.25) is 0 Å². The zero-order valence-corrected chi connectivity index (χ0v) is 21.9. The maximum Gasteiger partial charge on any atom is 0.295 e. The lowest BCUT2D eigenvalue weighted by atomic mass is 9.95. The molecule has 0 radical (unpaired) electrons. The predicted molar refractivity (Wildman–Crippen MR) is 134 cm³/mol. The van der Waals surface area contributed by atoms with Crippen molar-refractivity contribution in [2.75, 3.05) is 41.3 Å². The molecule has 0 saturated carbocycles. The molecule has 1 aliphatic heterocycles. The molecule has 3 rings (SSSR count). The van der Waals surface area contributed by atoms with E-state index in [1.54, 1.807) is 12.1 Å². The SMILES string of the molecule is CN(C)CCCN1C(=O)C(=O)/C(=C(\O)c2ccc(S(=O)(=O)N(C)C)cc2)C1c1cccc(Br)c1. The fourth-order valence-electron chi connectivity index (χ4n) is 3.84. The van der Waals surface area contributed by atoms with E-state index in [1.807, 2.05) is 31.1 Å². The first-order valence-electron chi connectivity index (χ1n) is 10.7. The minimum absolute atomic E-state index is 0.0174. The van der Waals surface area contributed by atoms with Gasteiger partial charge in [-0.25, -0.2) is 12.7 Å². The first-order valence-corrected chi connectivity index (χ1v) is 12.9. The van der Waals surface area contributed by atoms with Gasteiger partial charge in [-0.3, -0.25) is 9.59 Å². The van der Waals surface area contributed by atoms with E-state index in [1.165, 1.54) is 43.3 Å². The first-order chi connectivity index (χ1) is 15.9. The lowest BCUT2D eigenvalue weighted by Gasteiger charge is -2.26. The number of likely N-dealkylation sites (tertiary alicyclic amines) is 1. The van der Waals surface area contributed by atoms with Crippen molar-refractivity contribution in [3.05, 3.63) is 69.7 Å². The number of carbonyl (C=O) groups excluding carboxylic acids is 2. The predicted octanol–water partition coefficient (Wildman–Crippen LogP) is 3.07. The maximum atomic E-state index is 13.1. The third-order valence-electron chi connectivity index (χ3n) is 5.62. The van der Waals surface area contributed by atoms with Gasteiger partial charge in [-0.05, 0) is 69.0 Å². The minimum Gasteiger partial charge on any atom is -0.507 e. The molecule has 2 aromatic carbocycles. The number of benzene rings is 2. The molecule has 1 saturated heterocycles. The van der Waals surface area contributed by atoms with Gasteiger partial charge >= 0.3 is 0 Å². The summed E-state index contributed by atoms with van der Waals surface area (Å²) in [6, 6.07) is 12.1. The van der Waals surface area contributed by atoms with E-state index in [4.69, 9.17) is 0 Å². The van der Waals surface area contributed by atoms with Crippen LogP contribution in [-0.2, 0) is 19.6 Å². The number of ketones is 1. The van der Waals surface area contributed by atoms with Gasteiger partial charge in [-0.1, -0.05) is 28.1 Å². The Kier molecular flexibility index (Phi) is 7.97. The van der Waals surface area contributed by atoms with Gasteiger partial charge in [-0.15, -0.1) is 0 Å². The van der Waals surface area contributed by atoms with Crippen molar-refractivity contribution in [1.29, 1.82) is 0 Å². The summed E-state index contributed by atoms with van der Waals surface area (Å²) in [5, 5.41) is 11.1. The number of rotatable bonds is 8. The average Bonchev–Trinajstić information content (AvgIpc) is 3.03. The quantitative estimate of drug-likeness (QED) is 0.308. The fraction of sp³-hybridized carbons (Fsp3) is 0.333. The van der Waals surface area contributed by atoms with E-state index in [2.05, 4.69) is 15.9 Å². The van der Waals surface area contributed by atoms with Crippen LogP contribution in [0.3, 0.4) is 0 Å². The van der Waals surface area contributed by atoms with Crippen molar-refractivity contribution in [2.24, 2.45) is 0 Å². The average molecular weight is 550 g/mol. The lowest BCUT2D eigenvalue weighted by Crippen LogP contribution is -2.32. The number of nitrogens with zero attached hydrogens (tertiary/aromatic N) is 3. The highest BCUT2D eigenvalue weighted by Crippen LogP contribution is 2.40. The minimum atomic E-state index is -3.65. The standard InChI is InChI=1S/C24H28BrN3O5S/c1-26(2)13-6-14-28-21(17-7-5-8-18(25)15-17)20(23(30)24(28)31)22(29)16-9-11-19(12-10-16)34(32,33)27(3)4/h5,7-12,15,21,29H,6,13-14H2,1-4H3/b22-20-. The van der Waals surface area contributed by atoms with Gasteiger partial charge in [0.05, 0.1) is 16.5 Å². The zero-order valence-electron chi connectivity index (χ0n) is 19.5. The van der Waals surface area contributed by atoms with E-state index in [-0.39, 0.29) is 21.8 Å². The molecule has 1 heterocycles. The number of amides is 1. The smallest absolute Gasteiger partial charge is 0.295 e. The summed E-state index contributed by atoms with van der Waals surface area (Å²) in [6.07, 6.45) is 0.654. The summed E-state index contributed by atoms with van der Waals surface area (Å²) in [5.41, 5.74) is 0.923. The Labute approximate surface area is 208 Å². The second-order valence-electron chi connectivity index (χ2n) is 8.52. The molecule has 0 aliphatic carbocycles. The van der Waals surface area contributed by atoms with Gasteiger partial charge in [0.2, 0.25) is 10.0 Å². The highest BCUT2D eigenvalue weighted by Gasteiger charge is 2.45. The van der Waals surface area contributed by atoms with E-state index in [0.29, 0.717) is 18.5 Å². The maximum absolute atomic E-state index is 13.1. The molecule has 8 nitrogen and oxygen atoms in total. The molecule has 1 N–H and O–H groups in total. The van der Waals surface area contributed by atoms with E-state index >= 15 is 0 Å². The number of sulfonamides is 1. The molecule has 0 bridgehead atoms. The van der Waals surface area contributed by atoms with Crippen LogP contribution in [0, 0.1) is 0 Å². The number of hydrogen-bond acceptors (Lipinski definition) is 6. The lowest BCUT2D eigenvalue weighted by molar-refractivity contribution is -0.139. The van der Waals surface area contributed by atoms with Crippen molar-refractivity contribution in [3.8, 4) is 0 Å². The van der Waals surface area contributed by atoms with Crippen LogP contribution in [0.4, 0.5) is 0 Å². The third-order valence-corrected chi connectivity index (χ3v) is 7.94. The number of halogens is 1. The summed E-state index contributed by atoms with van der Waals surface area (Å²) in [4.78, 5) is 29.6. The van der Waals surface area contributed by atoms with Crippen LogP contribution in [0.1, 0.15) is 23.6 Å². The van der Waals surface area contributed by atoms with Crippen molar-refractivity contribution >= 4 is 43.4 Å². The molecule has 2 aromatic rings. The Balaban J connectivity index is 2.09. The van der Waals surface area contributed by atoms with Crippen LogP contribution in [-0.4, -0.2) is 80.6 Å². The van der Waals surface area contributed by atoms with Crippen molar-refractivity contribution in [1.82, 2.24) is 14.1 Å². The van der Waals surface area contributed by atoms with Gasteiger partial charge in [0.25, 0.3) is 11.7 Å². The van der Waals surface area contributed by atoms with Crippen LogP contribution in [0.25, 0.3) is 5.76 Å². The highest BCUT2D eigenvalue weighted by atomic mass is 79.9. The molecule has 1 atom stereocenters. The highest BCUT2D eigenvalue weighted by molar-refractivity contribution is 9.10. The summed E-state index contributed by atoms with van der Waals surface area (Å²) in [6.45, 7) is 1.08. The fourth-order valence-corrected chi connectivity index (χ4v) is 5.16. The summed E-state index contributed by atoms with van der Waals surface area (Å²) in [7, 11) is 3.07. The Hall–Kier alpha value is -2.53. The van der Waals surface area contributed by atoms with Crippen LogP contribution >= 0.6 is 15.9 Å². The van der Waals surface area contributed by atoms with Crippen LogP contribution in [0.5, 0.6) is 0 Å². The molecule has 182 valence electrons. The second kappa shape index (κ2) is 10.4. The summed E-state index contributed by atoms with van der Waals surface area (Å²) in [5.74, 6) is -1.78. The van der Waals surface area contributed by atoms with E-state index in [0.717, 1.165) is 15.3 Å². The Bertz CT molecular complexity index is 1220. The van der Waals surface area contributed by atoms with Crippen molar-refractivity contribution in [3.63, 3.8) is 0 Å². The Morgan fingerprint density at radius 1 is 1.06 bits per heavy atom. The molecule has 1 fully saturated rings. The van der Waals surface area contributed by atoms with Gasteiger partial charge < -0.3 is 14.9 Å². The van der Waals surface area contributed by atoms with Gasteiger partial charge in [0, 0.05) is 30.7 Å². The van der Waals surface area contributed by atoms with Crippen LogP contribution < -0.4 is 0 Å². The first kappa shape index (κ1) is 26.1.